The molecule has 26 heavy (non-hydrogen) atoms. The molecule has 0 radical (unpaired) electrons. The number of rotatable bonds is 3. The number of aryl methyl sites for hydroxylation is 1. The molecule has 0 spiro atoms. The minimum Gasteiger partial charge on any atom is -0.383 e. The Labute approximate surface area is 158 Å². The maximum absolute atomic E-state index is 11.5. The molecule has 0 saturated carbocycles. The third-order valence-electron chi connectivity index (χ3n) is 4.12. The number of thiophene rings is 1. The Bertz CT molecular complexity index is 1170. The van der Waals surface area contributed by atoms with Crippen LogP contribution in [0.2, 0.25) is 0 Å². The summed E-state index contributed by atoms with van der Waals surface area (Å²) in [5.74, 6) is 0.340. The van der Waals surface area contributed by atoms with E-state index >= 15 is 0 Å². The average molecular weight is 380 g/mol. The molecular weight excluding hydrogens is 364 g/mol. The van der Waals surface area contributed by atoms with E-state index in [1.807, 2.05) is 13.0 Å². The van der Waals surface area contributed by atoms with Crippen LogP contribution in [-0.2, 0) is 4.79 Å². The van der Waals surface area contributed by atoms with Gasteiger partial charge in [-0.05, 0) is 36.1 Å². The lowest BCUT2D eigenvalue weighted by Gasteiger charge is -2.04. The number of carbonyl (C=O) groups excluding carboxylic acids is 1. The molecule has 4 rings (SSSR count). The summed E-state index contributed by atoms with van der Waals surface area (Å²) in [7, 11) is 1.60. The Morgan fingerprint density at radius 1 is 1.35 bits per heavy atom. The summed E-state index contributed by atoms with van der Waals surface area (Å²) in [6.07, 6.45) is 4.97. The summed E-state index contributed by atoms with van der Waals surface area (Å²) in [6, 6.07) is 6.25. The van der Waals surface area contributed by atoms with Gasteiger partial charge in [0.2, 0.25) is 5.91 Å². The van der Waals surface area contributed by atoms with Crippen LogP contribution < -0.4 is 11.1 Å². The molecule has 3 aromatic heterocycles. The number of nitrogens with one attached hydrogen (secondary N) is 1. The Balaban J connectivity index is 1.87. The van der Waals surface area contributed by atoms with Gasteiger partial charge in [0.1, 0.15) is 5.82 Å². The largest absolute Gasteiger partial charge is 0.383 e. The predicted octanol–water partition coefficient (Wildman–Crippen LogP) is 4.22. The van der Waals surface area contributed by atoms with Crippen molar-refractivity contribution < 1.29 is 4.79 Å². The fraction of sp³-hybridized carbons (Fsp3) is 0.105. The summed E-state index contributed by atoms with van der Waals surface area (Å²) in [4.78, 5) is 20.3. The number of nitrogens with zero attached hydrogens (tertiary/aromatic N) is 2. The van der Waals surface area contributed by atoms with Crippen LogP contribution in [0.25, 0.3) is 37.5 Å². The van der Waals surface area contributed by atoms with Crippen molar-refractivity contribution >= 4 is 60.8 Å². The number of aromatic nitrogens is 2. The van der Waals surface area contributed by atoms with Gasteiger partial charge in [-0.3, -0.25) is 4.79 Å². The van der Waals surface area contributed by atoms with Crippen LogP contribution in [0.4, 0.5) is 5.82 Å². The van der Waals surface area contributed by atoms with Gasteiger partial charge >= 0.3 is 0 Å². The van der Waals surface area contributed by atoms with Crippen molar-refractivity contribution in [1.29, 1.82) is 0 Å². The van der Waals surface area contributed by atoms with Crippen LogP contribution in [-0.4, -0.2) is 22.9 Å². The molecule has 0 unspecified atom stereocenters. The maximum atomic E-state index is 11.5. The lowest BCUT2D eigenvalue weighted by Crippen LogP contribution is -2.13. The third-order valence-corrected chi connectivity index (χ3v) is 6.08. The molecule has 0 saturated heterocycles. The van der Waals surface area contributed by atoms with Crippen molar-refractivity contribution in [2.75, 3.05) is 12.8 Å². The number of hydrogen-bond acceptors (Lipinski definition) is 6. The molecule has 1 amide bonds. The summed E-state index contributed by atoms with van der Waals surface area (Å²) in [5, 5.41) is 6.64. The molecular formula is C19H16N4OS2. The molecule has 0 fully saturated rings. The number of anilines is 1. The number of nitrogens with two attached hydrogens (primary N) is 1. The number of carbonyl (C=O) groups is 1. The first-order valence-electron chi connectivity index (χ1n) is 8.00. The quantitative estimate of drug-likeness (QED) is 0.521. The van der Waals surface area contributed by atoms with Crippen LogP contribution in [0, 0.1) is 6.92 Å². The topological polar surface area (TPSA) is 80.9 Å². The molecule has 7 heteroatoms. The number of likely N-dealkylation sites (N-methyl/N-ethyl adjacent to an activating group) is 1. The van der Waals surface area contributed by atoms with Gasteiger partial charge in [-0.25, -0.2) is 9.97 Å². The second-order valence-electron chi connectivity index (χ2n) is 5.82. The van der Waals surface area contributed by atoms with E-state index in [9.17, 15) is 4.79 Å². The van der Waals surface area contributed by atoms with E-state index in [1.54, 1.807) is 42.0 Å². The lowest BCUT2D eigenvalue weighted by molar-refractivity contribution is -0.115. The second kappa shape index (κ2) is 6.51. The first-order chi connectivity index (χ1) is 12.6. The zero-order valence-electron chi connectivity index (χ0n) is 14.2. The molecule has 130 valence electrons. The summed E-state index contributed by atoms with van der Waals surface area (Å²) in [6.45, 7) is 2.01. The van der Waals surface area contributed by atoms with Gasteiger partial charge < -0.3 is 11.1 Å². The number of amides is 1. The molecule has 1 aromatic carbocycles. The number of thiazole rings is 1. The van der Waals surface area contributed by atoms with Crippen LogP contribution in [0.1, 0.15) is 10.6 Å². The van der Waals surface area contributed by atoms with Gasteiger partial charge in [-0.1, -0.05) is 6.07 Å². The van der Waals surface area contributed by atoms with Crippen molar-refractivity contribution in [2.24, 2.45) is 0 Å². The Morgan fingerprint density at radius 2 is 2.19 bits per heavy atom. The molecule has 0 aliphatic carbocycles. The average Bonchev–Trinajstić information content (AvgIpc) is 3.23. The molecule has 0 bridgehead atoms. The predicted molar refractivity (Wildman–Crippen MR) is 110 cm³/mol. The minimum atomic E-state index is -0.155. The van der Waals surface area contributed by atoms with E-state index < -0.39 is 0 Å². The van der Waals surface area contributed by atoms with Crippen molar-refractivity contribution in [1.82, 2.24) is 15.3 Å². The van der Waals surface area contributed by atoms with Gasteiger partial charge in [0.15, 0.2) is 0 Å². The highest BCUT2D eigenvalue weighted by Gasteiger charge is 2.14. The molecule has 0 aliphatic heterocycles. The number of pyridine rings is 1. The lowest BCUT2D eigenvalue weighted by atomic mass is 10.0. The fourth-order valence-corrected chi connectivity index (χ4v) is 4.82. The van der Waals surface area contributed by atoms with Gasteiger partial charge in [-0.15, -0.1) is 22.7 Å². The monoisotopic (exact) mass is 380 g/mol. The maximum Gasteiger partial charge on any atom is 0.243 e. The smallest absolute Gasteiger partial charge is 0.243 e. The molecule has 4 aromatic rings. The van der Waals surface area contributed by atoms with Crippen LogP contribution in [0.15, 0.2) is 35.9 Å². The van der Waals surface area contributed by atoms with Crippen molar-refractivity contribution in [3.8, 4) is 11.1 Å². The van der Waals surface area contributed by atoms with Gasteiger partial charge in [0.25, 0.3) is 0 Å². The van der Waals surface area contributed by atoms with E-state index in [0.29, 0.717) is 5.82 Å². The van der Waals surface area contributed by atoms with Crippen molar-refractivity contribution in [2.45, 2.75) is 6.92 Å². The Morgan fingerprint density at radius 3 is 3.00 bits per heavy atom. The molecule has 0 aliphatic rings. The zero-order valence-corrected chi connectivity index (χ0v) is 15.9. The highest BCUT2D eigenvalue weighted by Crippen LogP contribution is 2.40. The first-order valence-corrected chi connectivity index (χ1v) is 9.69. The normalized spacial score (nSPS) is 11.6. The number of fused-ring (bicyclic) bond motifs is 2. The second-order valence-corrected chi connectivity index (χ2v) is 7.93. The minimum absolute atomic E-state index is 0.155. The Kier molecular flexibility index (Phi) is 4.18. The SMILES string of the molecule is CNC(=O)/C=C/c1cnc(N)c2c(-c3ccc4nc(C)sc4c3)csc12. The summed E-state index contributed by atoms with van der Waals surface area (Å²) < 4.78 is 2.18. The van der Waals surface area contributed by atoms with Crippen molar-refractivity contribution in [3.63, 3.8) is 0 Å². The molecule has 3 N–H and O–H groups in total. The summed E-state index contributed by atoms with van der Waals surface area (Å²) in [5.41, 5.74) is 10.2. The highest BCUT2D eigenvalue weighted by molar-refractivity contribution is 7.18. The fourth-order valence-electron chi connectivity index (χ4n) is 2.87. The summed E-state index contributed by atoms with van der Waals surface area (Å²) >= 11 is 3.28. The third kappa shape index (κ3) is 2.85. The molecule has 0 atom stereocenters. The van der Waals surface area contributed by atoms with E-state index in [2.05, 4.69) is 32.8 Å². The molecule has 3 heterocycles. The standard InChI is InChI=1S/C19H16N4OS2/c1-10-23-14-5-3-11(7-15(14)26-10)13-9-25-18-12(4-6-16(24)21-2)8-22-19(20)17(13)18/h3-9H,1-2H3,(H2,20,22)(H,21,24)/b6-4+. The van der Waals surface area contributed by atoms with E-state index in [0.717, 1.165) is 42.0 Å². The Hall–Kier alpha value is -2.77. The van der Waals surface area contributed by atoms with Crippen LogP contribution in [0.5, 0.6) is 0 Å². The first kappa shape index (κ1) is 16.7. The number of hydrogen-bond donors (Lipinski definition) is 2. The zero-order chi connectivity index (χ0) is 18.3. The van der Waals surface area contributed by atoms with Gasteiger partial charge in [0.05, 0.1) is 15.2 Å². The van der Waals surface area contributed by atoms with Gasteiger partial charge in [-0.2, -0.15) is 0 Å². The number of nitrogen functional groups attached to an aromatic ring is 1. The van der Waals surface area contributed by atoms with E-state index in [4.69, 9.17) is 5.73 Å². The van der Waals surface area contributed by atoms with Crippen LogP contribution in [0.3, 0.4) is 0 Å². The number of benzene rings is 1. The van der Waals surface area contributed by atoms with E-state index in [1.165, 1.54) is 6.08 Å². The molecule has 5 nitrogen and oxygen atoms in total. The highest BCUT2D eigenvalue weighted by atomic mass is 32.1. The van der Waals surface area contributed by atoms with E-state index in [-0.39, 0.29) is 5.91 Å². The van der Waals surface area contributed by atoms with Gasteiger partial charge in [0, 0.05) is 40.5 Å². The van der Waals surface area contributed by atoms with Crippen LogP contribution >= 0.6 is 22.7 Å². The van der Waals surface area contributed by atoms with Crippen molar-refractivity contribution in [3.05, 3.63) is 46.4 Å².